The highest BCUT2D eigenvalue weighted by molar-refractivity contribution is 7.88. The SMILES string of the molecule is CCCNCC(=O)N1CCN(S(C)(=O)=O)CC1. The number of hydrogen-bond donors (Lipinski definition) is 1. The monoisotopic (exact) mass is 263 g/mol. The van der Waals surface area contributed by atoms with Gasteiger partial charge in [-0.25, -0.2) is 8.42 Å². The van der Waals surface area contributed by atoms with Crippen molar-refractivity contribution in [2.75, 3.05) is 45.5 Å². The highest BCUT2D eigenvalue weighted by Gasteiger charge is 2.25. The van der Waals surface area contributed by atoms with Crippen LogP contribution in [0.15, 0.2) is 0 Å². The highest BCUT2D eigenvalue weighted by atomic mass is 32.2. The van der Waals surface area contributed by atoms with E-state index in [0.717, 1.165) is 13.0 Å². The Kier molecular flexibility index (Phi) is 5.35. The second-order valence-electron chi connectivity index (χ2n) is 4.22. The van der Waals surface area contributed by atoms with Gasteiger partial charge in [0.15, 0.2) is 0 Å². The summed E-state index contributed by atoms with van der Waals surface area (Å²) in [6.45, 7) is 4.99. The van der Waals surface area contributed by atoms with Crippen LogP contribution in [-0.4, -0.2) is 69.1 Å². The van der Waals surface area contributed by atoms with Crippen molar-refractivity contribution in [1.29, 1.82) is 0 Å². The topological polar surface area (TPSA) is 69.7 Å². The summed E-state index contributed by atoms with van der Waals surface area (Å²) in [5.41, 5.74) is 0. The van der Waals surface area contributed by atoms with Gasteiger partial charge in [-0.1, -0.05) is 6.92 Å². The van der Waals surface area contributed by atoms with Crippen molar-refractivity contribution >= 4 is 15.9 Å². The Morgan fingerprint density at radius 1 is 1.24 bits per heavy atom. The third kappa shape index (κ3) is 4.61. The van der Waals surface area contributed by atoms with Crippen molar-refractivity contribution in [2.45, 2.75) is 13.3 Å². The molecule has 0 atom stereocenters. The van der Waals surface area contributed by atoms with Gasteiger partial charge in [0.05, 0.1) is 12.8 Å². The summed E-state index contributed by atoms with van der Waals surface area (Å²) < 4.78 is 24.0. The zero-order valence-corrected chi connectivity index (χ0v) is 11.3. The Morgan fingerprint density at radius 3 is 2.29 bits per heavy atom. The maximum atomic E-state index is 11.7. The maximum absolute atomic E-state index is 11.7. The zero-order chi connectivity index (χ0) is 12.9. The number of hydrogen-bond acceptors (Lipinski definition) is 4. The van der Waals surface area contributed by atoms with Crippen molar-refractivity contribution in [2.24, 2.45) is 0 Å². The first-order valence-corrected chi connectivity index (χ1v) is 7.73. The van der Waals surface area contributed by atoms with E-state index in [1.165, 1.54) is 10.6 Å². The van der Waals surface area contributed by atoms with Gasteiger partial charge in [-0.2, -0.15) is 4.31 Å². The predicted molar refractivity (Wildman–Crippen MR) is 66.2 cm³/mol. The number of nitrogens with one attached hydrogen (secondary N) is 1. The molecule has 1 fully saturated rings. The summed E-state index contributed by atoms with van der Waals surface area (Å²) in [5, 5.41) is 3.05. The number of nitrogens with zero attached hydrogens (tertiary/aromatic N) is 2. The molecule has 6 nitrogen and oxygen atoms in total. The number of carbonyl (C=O) groups excluding carboxylic acids is 1. The minimum Gasteiger partial charge on any atom is -0.339 e. The molecule has 0 radical (unpaired) electrons. The largest absolute Gasteiger partial charge is 0.339 e. The van der Waals surface area contributed by atoms with Crippen LogP contribution >= 0.6 is 0 Å². The summed E-state index contributed by atoms with van der Waals surface area (Å²) in [5.74, 6) is 0.0478. The van der Waals surface area contributed by atoms with E-state index in [0.29, 0.717) is 32.7 Å². The van der Waals surface area contributed by atoms with Crippen molar-refractivity contribution in [3.05, 3.63) is 0 Å². The Balaban J connectivity index is 2.34. The molecule has 1 rings (SSSR count). The molecule has 0 unspecified atom stereocenters. The highest BCUT2D eigenvalue weighted by Crippen LogP contribution is 2.05. The lowest BCUT2D eigenvalue weighted by Gasteiger charge is -2.33. The first-order chi connectivity index (χ1) is 7.95. The molecular weight excluding hydrogens is 242 g/mol. The van der Waals surface area contributed by atoms with Gasteiger partial charge in [0.1, 0.15) is 0 Å². The van der Waals surface area contributed by atoms with E-state index in [4.69, 9.17) is 0 Å². The molecule has 1 N–H and O–H groups in total. The van der Waals surface area contributed by atoms with Crippen LogP contribution in [0.25, 0.3) is 0 Å². The van der Waals surface area contributed by atoms with E-state index in [2.05, 4.69) is 5.32 Å². The van der Waals surface area contributed by atoms with E-state index < -0.39 is 10.0 Å². The van der Waals surface area contributed by atoms with Gasteiger partial charge in [-0.05, 0) is 13.0 Å². The third-order valence-electron chi connectivity index (χ3n) is 2.76. The quantitative estimate of drug-likeness (QED) is 0.652. The molecule has 100 valence electrons. The van der Waals surface area contributed by atoms with E-state index >= 15 is 0 Å². The van der Waals surface area contributed by atoms with Crippen LogP contribution in [0.3, 0.4) is 0 Å². The van der Waals surface area contributed by atoms with E-state index in [9.17, 15) is 13.2 Å². The number of sulfonamides is 1. The predicted octanol–water partition coefficient (Wildman–Crippen LogP) is -0.910. The summed E-state index contributed by atoms with van der Waals surface area (Å²) >= 11 is 0. The second kappa shape index (κ2) is 6.32. The number of carbonyl (C=O) groups is 1. The Hall–Kier alpha value is -0.660. The molecule has 0 aromatic heterocycles. The molecule has 0 spiro atoms. The minimum absolute atomic E-state index is 0.0478. The fourth-order valence-electron chi connectivity index (χ4n) is 1.75. The molecule has 1 amide bonds. The molecular formula is C10H21N3O3S. The third-order valence-corrected chi connectivity index (χ3v) is 4.07. The van der Waals surface area contributed by atoms with Crippen LogP contribution in [0.2, 0.25) is 0 Å². The van der Waals surface area contributed by atoms with Crippen LogP contribution in [0.5, 0.6) is 0 Å². The molecule has 0 aliphatic carbocycles. The van der Waals surface area contributed by atoms with Crippen molar-refractivity contribution in [3.63, 3.8) is 0 Å². The molecule has 0 bridgehead atoms. The lowest BCUT2D eigenvalue weighted by Crippen LogP contribution is -2.52. The van der Waals surface area contributed by atoms with E-state index in [1.54, 1.807) is 4.90 Å². The molecule has 0 saturated carbocycles. The Bertz CT molecular complexity index is 348. The summed E-state index contributed by atoms with van der Waals surface area (Å²) in [6.07, 6.45) is 2.20. The Morgan fingerprint density at radius 2 is 1.82 bits per heavy atom. The van der Waals surface area contributed by atoms with Crippen molar-refractivity contribution in [3.8, 4) is 0 Å². The zero-order valence-electron chi connectivity index (χ0n) is 10.5. The molecule has 1 aliphatic rings. The lowest BCUT2D eigenvalue weighted by molar-refractivity contribution is -0.131. The molecule has 0 aromatic carbocycles. The lowest BCUT2D eigenvalue weighted by atomic mass is 10.3. The van der Waals surface area contributed by atoms with Gasteiger partial charge in [0.2, 0.25) is 15.9 Å². The van der Waals surface area contributed by atoms with Crippen LogP contribution in [0, 0.1) is 0 Å². The van der Waals surface area contributed by atoms with Crippen molar-refractivity contribution in [1.82, 2.24) is 14.5 Å². The van der Waals surface area contributed by atoms with Gasteiger partial charge in [-0.15, -0.1) is 0 Å². The Labute approximate surface area is 103 Å². The minimum atomic E-state index is -3.12. The summed E-state index contributed by atoms with van der Waals surface area (Å²) in [6, 6.07) is 0. The molecule has 1 heterocycles. The molecule has 1 aliphatic heterocycles. The van der Waals surface area contributed by atoms with Gasteiger partial charge >= 0.3 is 0 Å². The second-order valence-corrected chi connectivity index (χ2v) is 6.20. The van der Waals surface area contributed by atoms with Crippen molar-refractivity contribution < 1.29 is 13.2 Å². The van der Waals surface area contributed by atoms with Crippen LogP contribution in [-0.2, 0) is 14.8 Å². The molecule has 17 heavy (non-hydrogen) atoms. The van der Waals surface area contributed by atoms with Crippen LogP contribution in [0.1, 0.15) is 13.3 Å². The smallest absolute Gasteiger partial charge is 0.236 e. The number of piperazine rings is 1. The molecule has 7 heteroatoms. The summed E-state index contributed by atoms with van der Waals surface area (Å²) in [7, 11) is -3.12. The van der Waals surface area contributed by atoms with Gasteiger partial charge in [-0.3, -0.25) is 4.79 Å². The number of rotatable bonds is 5. The molecule has 1 saturated heterocycles. The van der Waals surface area contributed by atoms with Gasteiger partial charge < -0.3 is 10.2 Å². The standard InChI is InChI=1S/C10H21N3O3S/c1-3-4-11-9-10(14)12-5-7-13(8-6-12)17(2,15)16/h11H,3-9H2,1-2H3. The fraction of sp³-hybridized carbons (Fsp3) is 0.900. The average Bonchev–Trinajstić information content (AvgIpc) is 2.28. The normalized spacial score (nSPS) is 18.4. The fourth-order valence-corrected chi connectivity index (χ4v) is 2.58. The van der Waals surface area contributed by atoms with Gasteiger partial charge in [0, 0.05) is 26.2 Å². The van der Waals surface area contributed by atoms with Gasteiger partial charge in [0.25, 0.3) is 0 Å². The van der Waals surface area contributed by atoms with E-state index in [1.807, 2.05) is 6.92 Å². The molecule has 0 aromatic rings. The van der Waals surface area contributed by atoms with E-state index in [-0.39, 0.29) is 5.91 Å². The average molecular weight is 263 g/mol. The first-order valence-electron chi connectivity index (χ1n) is 5.88. The number of amides is 1. The first kappa shape index (κ1) is 14.4. The summed E-state index contributed by atoms with van der Waals surface area (Å²) in [4.78, 5) is 13.4. The maximum Gasteiger partial charge on any atom is 0.236 e. The van der Waals surface area contributed by atoms with Crippen LogP contribution in [0.4, 0.5) is 0 Å². The van der Waals surface area contributed by atoms with Crippen LogP contribution < -0.4 is 5.32 Å².